The zero-order valence-corrected chi connectivity index (χ0v) is 12.4. The van der Waals surface area contributed by atoms with Crippen LogP contribution >= 0.6 is 11.6 Å². The third-order valence-electron chi connectivity index (χ3n) is 3.11. The van der Waals surface area contributed by atoms with Crippen LogP contribution in [0.2, 0.25) is 5.02 Å². The van der Waals surface area contributed by atoms with Crippen LogP contribution in [0.4, 0.5) is 0 Å². The normalized spacial score (nSPS) is 11.5. The van der Waals surface area contributed by atoms with Crippen LogP contribution in [0.3, 0.4) is 0 Å². The lowest BCUT2D eigenvalue weighted by Crippen LogP contribution is -2.04. The van der Waals surface area contributed by atoms with Crippen molar-refractivity contribution in [3.05, 3.63) is 40.7 Å². The van der Waals surface area contributed by atoms with Crippen LogP contribution in [0.5, 0.6) is 5.75 Å². The number of halogens is 1. The molecule has 0 aliphatic rings. The van der Waals surface area contributed by atoms with Crippen LogP contribution in [-0.2, 0) is 0 Å². The number of benzene rings is 1. The molecule has 0 fully saturated rings. The number of hydrogen-bond acceptors (Lipinski definition) is 2. The highest BCUT2D eigenvalue weighted by Crippen LogP contribution is 2.28. The van der Waals surface area contributed by atoms with Gasteiger partial charge in [0.15, 0.2) is 0 Å². The van der Waals surface area contributed by atoms with Gasteiger partial charge < -0.3 is 5.11 Å². The van der Waals surface area contributed by atoms with Gasteiger partial charge in [-0.15, -0.1) is 0 Å². The lowest BCUT2D eigenvalue weighted by molar-refractivity contribution is 0.475. The van der Waals surface area contributed by atoms with Gasteiger partial charge in [-0.05, 0) is 36.1 Å². The van der Waals surface area contributed by atoms with E-state index in [1.807, 2.05) is 10.7 Å². The number of phenolic OH excluding ortho intramolecular Hbond substituents is 1. The Morgan fingerprint density at radius 2 is 1.79 bits per heavy atom. The van der Waals surface area contributed by atoms with E-state index in [0.29, 0.717) is 16.9 Å². The van der Waals surface area contributed by atoms with Gasteiger partial charge >= 0.3 is 0 Å². The predicted octanol–water partition coefficient (Wildman–Crippen LogP) is 4.48. The summed E-state index contributed by atoms with van der Waals surface area (Å²) in [6.45, 7) is 8.53. The van der Waals surface area contributed by atoms with Crippen LogP contribution in [0, 0.1) is 0 Å². The van der Waals surface area contributed by atoms with Gasteiger partial charge in [0.2, 0.25) is 0 Å². The highest BCUT2D eigenvalue weighted by molar-refractivity contribution is 6.32. The van der Waals surface area contributed by atoms with Crippen LogP contribution in [0.25, 0.3) is 5.69 Å². The SMILES string of the molecule is CC(C)c1cc(C(C)C)n(-c2ccc(O)c(Cl)c2)n1. The highest BCUT2D eigenvalue weighted by atomic mass is 35.5. The van der Waals surface area contributed by atoms with Gasteiger partial charge in [0.05, 0.1) is 16.4 Å². The average Bonchev–Trinajstić information content (AvgIpc) is 2.78. The molecule has 4 heteroatoms. The fourth-order valence-corrected chi connectivity index (χ4v) is 2.12. The summed E-state index contributed by atoms with van der Waals surface area (Å²) in [5.74, 6) is 0.840. The minimum absolute atomic E-state index is 0.0905. The first-order chi connectivity index (χ1) is 8.90. The molecule has 102 valence electrons. The smallest absolute Gasteiger partial charge is 0.134 e. The Morgan fingerprint density at radius 3 is 2.32 bits per heavy atom. The lowest BCUT2D eigenvalue weighted by atomic mass is 10.1. The van der Waals surface area contributed by atoms with Crippen molar-refractivity contribution in [1.82, 2.24) is 9.78 Å². The summed E-state index contributed by atoms with van der Waals surface area (Å²) in [7, 11) is 0. The van der Waals surface area contributed by atoms with Crippen molar-refractivity contribution in [2.45, 2.75) is 39.5 Å². The molecule has 2 aromatic rings. The van der Waals surface area contributed by atoms with E-state index in [9.17, 15) is 5.11 Å². The maximum Gasteiger partial charge on any atom is 0.134 e. The first-order valence-electron chi connectivity index (χ1n) is 6.49. The summed E-state index contributed by atoms with van der Waals surface area (Å²) in [5.41, 5.74) is 3.08. The molecule has 1 N–H and O–H groups in total. The fraction of sp³-hybridized carbons (Fsp3) is 0.400. The number of aromatic nitrogens is 2. The minimum atomic E-state index is 0.0905. The van der Waals surface area contributed by atoms with Gasteiger partial charge in [0.25, 0.3) is 0 Å². The summed E-state index contributed by atoms with van der Waals surface area (Å²) in [6.07, 6.45) is 0. The first-order valence-corrected chi connectivity index (χ1v) is 6.86. The van der Waals surface area contributed by atoms with Crippen molar-refractivity contribution in [3.8, 4) is 11.4 Å². The second-order valence-corrected chi connectivity index (χ2v) is 5.76. The summed E-state index contributed by atoms with van der Waals surface area (Å²) >= 11 is 5.97. The molecule has 0 amide bonds. The summed E-state index contributed by atoms with van der Waals surface area (Å²) in [4.78, 5) is 0. The molecule has 0 spiro atoms. The highest BCUT2D eigenvalue weighted by Gasteiger charge is 2.15. The molecule has 0 radical (unpaired) electrons. The zero-order chi connectivity index (χ0) is 14.2. The topological polar surface area (TPSA) is 38.0 Å². The molecule has 3 nitrogen and oxygen atoms in total. The molecule has 1 aromatic heterocycles. The molecule has 0 aliphatic carbocycles. The summed E-state index contributed by atoms with van der Waals surface area (Å²) in [5, 5.41) is 14.5. The Bertz CT molecular complexity index is 588. The second kappa shape index (κ2) is 5.25. The molecular weight excluding hydrogens is 260 g/mol. The average molecular weight is 279 g/mol. The molecule has 1 heterocycles. The van der Waals surface area contributed by atoms with Crippen LogP contribution in [-0.4, -0.2) is 14.9 Å². The Balaban J connectivity index is 2.56. The van der Waals surface area contributed by atoms with Gasteiger partial charge in [-0.25, -0.2) is 4.68 Å². The van der Waals surface area contributed by atoms with Crippen LogP contribution in [0.15, 0.2) is 24.3 Å². The van der Waals surface area contributed by atoms with Crippen molar-refractivity contribution in [2.24, 2.45) is 0 Å². The standard InChI is InChI=1S/C15H19ClN2O/c1-9(2)13-8-14(10(3)4)18(17-13)11-5-6-15(19)12(16)7-11/h5-10,19H,1-4H3. The maximum atomic E-state index is 9.50. The van der Waals surface area contributed by atoms with Crippen LogP contribution < -0.4 is 0 Å². The van der Waals surface area contributed by atoms with E-state index < -0.39 is 0 Å². The minimum Gasteiger partial charge on any atom is -0.506 e. The number of hydrogen-bond donors (Lipinski definition) is 1. The predicted molar refractivity (Wildman–Crippen MR) is 78.4 cm³/mol. The number of nitrogens with zero attached hydrogens (tertiary/aromatic N) is 2. The molecular formula is C15H19ClN2O. The first kappa shape index (κ1) is 13.9. The van der Waals surface area contributed by atoms with E-state index in [0.717, 1.165) is 17.1 Å². The van der Waals surface area contributed by atoms with Crippen molar-refractivity contribution in [3.63, 3.8) is 0 Å². The molecule has 1 aromatic carbocycles. The molecule has 0 aliphatic heterocycles. The molecule has 0 saturated heterocycles. The lowest BCUT2D eigenvalue weighted by Gasteiger charge is -2.10. The van der Waals surface area contributed by atoms with Gasteiger partial charge in [0, 0.05) is 5.69 Å². The van der Waals surface area contributed by atoms with Crippen molar-refractivity contribution < 1.29 is 5.11 Å². The second-order valence-electron chi connectivity index (χ2n) is 5.35. The van der Waals surface area contributed by atoms with Crippen molar-refractivity contribution in [2.75, 3.05) is 0 Å². The van der Waals surface area contributed by atoms with E-state index in [-0.39, 0.29) is 5.75 Å². The van der Waals surface area contributed by atoms with Gasteiger partial charge in [-0.2, -0.15) is 5.10 Å². The van der Waals surface area contributed by atoms with Crippen molar-refractivity contribution >= 4 is 11.6 Å². The quantitative estimate of drug-likeness (QED) is 0.899. The van der Waals surface area contributed by atoms with Gasteiger partial charge in [0.1, 0.15) is 5.75 Å². The van der Waals surface area contributed by atoms with E-state index in [2.05, 4.69) is 38.9 Å². The molecule has 0 saturated carbocycles. The molecule has 2 rings (SSSR count). The van der Waals surface area contributed by atoms with E-state index in [1.165, 1.54) is 0 Å². The Morgan fingerprint density at radius 1 is 1.11 bits per heavy atom. The van der Waals surface area contributed by atoms with E-state index in [1.54, 1.807) is 12.1 Å². The zero-order valence-electron chi connectivity index (χ0n) is 11.7. The van der Waals surface area contributed by atoms with E-state index in [4.69, 9.17) is 11.6 Å². The number of rotatable bonds is 3. The molecule has 0 bridgehead atoms. The van der Waals surface area contributed by atoms with Crippen molar-refractivity contribution in [1.29, 1.82) is 0 Å². The third-order valence-corrected chi connectivity index (χ3v) is 3.42. The molecule has 0 unspecified atom stereocenters. The fourth-order valence-electron chi connectivity index (χ4n) is 1.94. The Labute approximate surface area is 118 Å². The molecule has 0 atom stereocenters. The van der Waals surface area contributed by atoms with E-state index >= 15 is 0 Å². The number of phenols is 1. The summed E-state index contributed by atoms with van der Waals surface area (Å²) < 4.78 is 1.91. The third kappa shape index (κ3) is 2.76. The van der Waals surface area contributed by atoms with Gasteiger partial charge in [-0.3, -0.25) is 0 Å². The summed E-state index contributed by atoms with van der Waals surface area (Å²) in [6, 6.07) is 7.29. The Hall–Kier alpha value is -1.48. The number of aromatic hydroxyl groups is 1. The molecule has 19 heavy (non-hydrogen) atoms. The largest absolute Gasteiger partial charge is 0.506 e. The monoisotopic (exact) mass is 278 g/mol. The van der Waals surface area contributed by atoms with Gasteiger partial charge in [-0.1, -0.05) is 39.3 Å². The van der Waals surface area contributed by atoms with Crippen LogP contribution in [0.1, 0.15) is 50.9 Å². The maximum absolute atomic E-state index is 9.50. The Kier molecular flexibility index (Phi) is 3.85.